The summed E-state index contributed by atoms with van der Waals surface area (Å²) in [5, 5.41) is 7.10. The molecule has 0 saturated carbocycles. The van der Waals surface area contributed by atoms with Gasteiger partial charge in [-0.25, -0.2) is 27.4 Å². The largest absolute Gasteiger partial charge is 0.461 e. The number of nitrogens with zero attached hydrogens (tertiary/aromatic N) is 3. The second kappa shape index (κ2) is 9.92. The van der Waals surface area contributed by atoms with Gasteiger partial charge < -0.3 is 15.0 Å². The third kappa shape index (κ3) is 6.53. The molecule has 1 fully saturated rings. The van der Waals surface area contributed by atoms with Gasteiger partial charge in [-0.3, -0.25) is 0 Å². The first kappa shape index (κ1) is 22.8. The predicted octanol–water partition coefficient (Wildman–Crippen LogP) is 1.84. The van der Waals surface area contributed by atoms with E-state index in [2.05, 4.69) is 15.1 Å². The average Bonchev–Trinajstić information content (AvgIpc) is 3.23. The van der Waals surface area contributed by atoms with Crippen LogP contribution in [0.5, 0.6) is 0 Å². The third-order valence-electron chi connectivity index (χ3n) is 4.88. The van der Waals surface area contributed by atoms with Gasteiger partial charge in [0.25, 0.3) is 0 Å². The second-order valence-electron chi connectivity index (χ2n) is 7.42. The number of rotatable bonds is 7. The Morgan fingerprint density at radius 1 is 1.29 bits per heavy atom. The molecule has 1 aromatic heterocycles. The normalized spacial score (nSPS) is 16.7. The van der Waals surface area contributed by atoms with E-state index in [4.69, 9.17) is 4.74 Å². The van der Waals surface area contributed by atoms with Crippen molar-refractivity contribution in [3.63, 3.8) is 0 Å². The fraction of sp³-hybridized carbons (Fsp3) is 0.450. The number of amides is 2. The summed E-state index contributed by atoms with van der Waals surface area (Å²) in [6, 6.07) is 8.45. The molecule has 31 heavy (non-hydrogen) atoms. The quantitative estimate of drug-likeness (QED) is 0.622. The Morgan fingerprint density at radius 3 is 2.84 bits per heavy atom. The van der Waals surface area contributed by atoms with Crippen molar-refractivity contribution < 1.29 is 22.7 Å². The molecule has 2 heterocycles. The van der Waals surface area contributed by atoms with Crippen molar-refractivity contribution >= 4 is 27.7 Å². The summed E-state index contributed by atoms with van der Waals surface area (Å²) >= 11 is 0. The molecule has 1 aliphatic rings. The minimum atomic E-state index is -3.25. The van der Waals surface area contributed by atoms with Gasteiger partial charge in [0.05, 0.1) is 18.6 Å². The lowest BCUT2D eigenvalue weighted by Crippen LogP contribution is -2.45. The first-order chi connectivity index (χ1) is 14.7. The molecule has 168 valence electrons. The fourth-order valence-corrected chi connectivity index (χ4v) is 3.93. The van der Waals surface area contributed by atoms with E-state index in [1.807, 2.05) is 6.07 Å². The molecule has 1 atom stereocenters. The summed E-state index contributed by atoms with van der Waals surface area (Å²) in [5.41, 5.74) is 1.48. The summed E-state index contributed by atoms with van der Waals surface area (Å²) in [7, 11) is -3.25. The number of hydrogen-bond donors (Lipinski definition) is 2. The summed E-state index contributed by atoms with van der Waals surface area (Å²) in [5.74, 6) is -0.415. The molecule has 0 radical (unpaired) electrons. The molecular formula is C20H27N5O5S. The first-order valence-electron chi connectivity index (χ1n) is 10.1. The average molecular weight is 450 g/mol. The number of ether oxygens (including phenoxy) is 1. The molecule has 10 nitrogen and oxygen atoms in total. The highest BCUT2D eigenvalue weighted by Crippen LogP contribution is 2.19. The van der Waals surface area contributed by atoms with Crippen molar-refractivity contribution in [2.45, 2.75) is 19.8 Å². The Bertz CT molecular complexity index is 1040. The monoisotopic (exact) mass is 449 g/mol. The number of aromatic nitrogens is 2. The molecular weight excluding hydrogens is 422 g/mol. The van der Waals surface area contributed by atoms with Crippen LogP contribution in [0.4, 0.5) is 10.5 Å². The molecule has 2 aromatic rings. The molecule has 0 bridgehead atoms. The topological polar surface area (TPSA) is 123 Å². The maximum atomic E-state index is 12.7. The Morgan fingerprint density at radius 2 is 2.10 bits per heavy atom. The van der Waals surface area contributed by atoms with E-state index in [1.54, 1.807) is 42.3 Å². The number of carbonyl (C=O) groups is 2. The smallest absolute Gasteiger partial charge is 0.358 e. The van der Waals surface area contributed by atoms with E-state index in [-0.39, 0.29) is 24.2 Å². The standard InChI is InChI=1S/C20H27N5O5S/c1-3-30-19(26)18-9-11-25(23-18)17-8-4-7-16(12-17)22-20(27)24-10-5-6-15(14-24)13-21-31(2,28)29/h4,7-9,11-12,15,21H,3,5-6,10,13-14H2,1-2H3,(H,22,27)/t15-/m0/s1. The SMILES string of the molecule is CCOC(=O)c1ccn(-c2cccc(NC(=O)N3CCC[C@@H](CNS(C)(=O)=O)C3)c2)n1. The number of nitrogens with one attached hydrogen (secondary N) is 2. The van der Waals surface area contributed by atoms with Crippen molar-refractivity contribution in [1.29, 1.82) is 0 Å². The molecule has 0 aliphatic carbocycles. The van der Waals surface area contributed by atoms with Crippen molar-refractivity contribution in [3.8, 4) is 5.69 Å². The first-order valence-corrected chi connectivity index (χ1v) is 12.0. The van der Waals surface area contributed by atoms with Crippen LogP contribution in [0.15, 0.2) is 36.5 Å². The predicted molar refractivity (Wildman–Crippen MR) is 116 cm³/mol. The molecule has 2 N–H and O–H groups in total. The van der Waals surface area contributed by atoms with Crippen LogP contribution >= 0.6 is 0 Å². The Hall–Kier alpha value is -2.92. The van der Waals surface area contributed by atoms with Crippen LogP contribution in [0.3, 0.4) is 0 Å². The third-order valence-corrected chi connectivity index (χ3v) is 5.57. The Labute approximate surface area is 181 Å². The van der Waals surface area contributed by atoms with Gasteiger partial charge in [0.2, 0.25) is 10.0 Å². The van der Waals surface area contributed by atoms with Crippen molar-refractivity contribution in [2.75, 3.05) is 37.8 Å². The van der Waals surface area contributed by atoms with Crippen LogP contribution in [0.25, 0.3) is 5.69 Å². The number of carbonyl (C=O) groups excluding carboxylic acids is 2. The lowest BCUT2D eigenvalue weighted by atomic mass is 9.99. The zero-order valence-corrected chi connectivity index (χ0v) is 18.4. The Balaban J connectivity index is 1.62. The van der Waals surface area contributed by atoms with Gasteiger partial charge in [-0.2, -0.15) is 5.10 Å². The van der Waals surface area contributed by atoms with Crippen molar-refractivity contribution in [1.82, 2.24) is 19.4 Å². The van der Waals surface area contributed by atoms with Crippen LogP contribution < -0.4 is 10.0 Å². The van der Waals surface area contributed by atoms with Crippen molar-refractivity contribution in [2.24, 2.45) is 5.92 Å². The lowest BCUT2D eigenvalue weighted by Gasteiger charge is -2.32. The van der Waals surface area contributed by atoms with Gasteiger partial charge in [-0.1, -0.05) is 6.07 Å². The number of piperidine rings is 1. The molecule has 1 saturated heterocycles. The fourth-order valence-electron chi connectivity index (χ4n) is 3.40. The van der Waals surface area contributed by atoms with Gasteiger partial charge in [0, 0.05) is 31.5 Å². The van der Waals surface area contributed by atoms with Crippen molar-refractivity contribution in [3.05, 3.63) is 42.2 Å². The summed E-state index contributed by atoms with van der Waals surface area (Å²) in [4.78, 5) is 26.2. The molecule has 1 aromatic carbocycles. The highest BCUT2D eigenvalue weighted by atomic mass is 32.2. The second-order valence-corrected chi connectivity index (χ2v) is 9.25. The van der Waals surface area contributed by atoms with Gasteiger partial charge in [-0.15, -0.1) is 0 Å². The van der Waals surface area contributed by atoms with Gasteiger partial charge in [0.15, 0.2) is 5.69 Å². The number of anilines is 1. The van der Waals surface area contributed by atoms with Crippen LogP contribution in [0.2, 0.25) is 0 Å². The van der Waals surface area contributed by atoms with E-state index < -0.39 is 16.0 Å². The number of esters is 1. The summed E-state index contributed by atoms with van der Waals surface area (Å²) in [6.07, 6.45) is 4.46. The zero-order valence-electron chi connectivity index (χ0n) is 17.6. The van der Waals surface area contributed by atoms with Crippen LogP contribution in [-0.4, -0.2) is 67.6 Å². The molecule has 2 amide bonds. The molecule has 3 rings (SSSR count). The lowest BCUT2D eigenvalue weighted by molar-refractivity contribution is 0.0519. The minimum absolute atomic E-state index is 0.0749. The van der Waals surface area contributed by atoms with E-state index in [0.29, 0.717) is 31.0 Å². The number of urea groups is 1. The molecule has 1 aliphatic heterocycles. The van der Waals surface area contributed by atoms with Crippen LogP contribution in [-0.2, 0) is 14.8 Å². The van der Waals surface area contributed by atoms with E-state index in [9.17, 15) is 18.0 Å². The van der Waals surface area contributed by atoms with Gasteiger partial charge in [-0.05, 0) is 49.9 Å². The maximum absolute atomic E-state index is 12.7. The zero-order chi connectivity index (χ0) is 22.4. The number of hydrogen-bond acceptors (Lipinski definition) is 6. The van der Waals surface area contributed by atoms with E-state index >= 15 is 0 Å². The van der Waals surface area contributed by atoms with Gasteiger partial charge >= 0.3 is 12.0 Å². The highest BCUT2D eigenvalue weighted by molar-refractivity contribution is 7.88. The van der Waals surface area contributed by atoms with Crippen LogP contribution in [0, 0.1) is 5.92 Å². The maximum Gasteiger partial charge on any atom is 0.358 e. The van der Waals surface area contributed by atoms with E-state index in [1.165, 1.54) is 4.68 Å². The molecule has 11 heteroatoms. The summed E-state index contributed by atoms with van der Waals surface area (Å²) < 4.78 is 31.6. The number of likely N-dealkylation sites (tertiary alicyclic amines) is 1. The number of benzene rings is 1. The van der Waals surface area contributed by atoms with E-state index in [0.717, 1.165) is 19.1 Å². The number of sulfonamides is 1. The molecule has 0 spiro atoms. The molecule has 0 unspecified atom stereocenters. The van der Waals surface area contributed by atoms with Crippen LogP contribution in [0.1, 0.15) is 30.3 Å². The highest BCUT2D eigenvalue weighted by Gasteiger charge is 2.24. The van der Waals surface area contributed by atoms with Gasteiger partial charge in [0.1, 0.15) is 0 Å². The summed E-state index contributed by atoms with van der Waals surface area (Å²) in [6.45, 7) is 3.42. The minimum Gasteiger partial charge on any atom is -0.461 e. The Kier molecular flexibility index (Phi) is 7.29.